The Kier molecular flexibility index (Phi) is 3.20. The van der Waals surface area contributed by atoms with Crippen LogP contribution in [0.5, 0.6) is 0 Å². The summed E-state index contributed by atoms with van der Waals surface area (Å²) in [4.78, 5) is 14.4. The van der Waals surface area contributed by atoms with E-state index in [0.29, 0.717) is 18.6 Å². The summed E-state index contributed by atoms with van der Waals surface area (Å²) in [6.45, 7) is 0.477. The predicted molar refractivity (Wildman–Crippen MR) is 71.5 cm³/mol. The number of aliphatic hydroxyl groups excluding tert-OH is 1. The fourth-order valence-corrected chi connectivity index (χ4v) is 2.80. The van der Waals surface area contributed by atoms with Crippen LogP contribution in [0, 0.1) is 0 Å². The van der Waals surface area contributed by atoms with Gasteiger partial charge in [-0.2, -0.15) is 0 Å². The van der Waals surface area contributed by atoms with E-state index in [4.69, 9.17) is 5.11 Å². The van der Waals surface area contributed by atoms with Crippen LogP contribution in [0.2, 0.25) is 0 Å². The summed E-state index contributed by atoms with van der Waals surface area (Å²) < 4.78 is 3.04. The molecule has 2 saturated carbocycles. The summed E-state index contributed by atoms with van der Waals surface area (Å²) in [5, 5.41) is 9.10. The van der Waals surface area contributed by atoms with E-state index < -0.39 is 0 Å². The highest BCUT2D eigenvalue weighted by Crippen LogP contribution is 2.38. The third-order valence-electron chi connectivity index (χ3n) is 3.56. The molecular weight excluding hydrogens is 296 g/mol. The molecule has 5 heteroatoms. The van der Waals surface area contributed by atoms with Crippen molar-refractivity contribution in [2.45, 2.75) is 37.8 Å². The highest BCUT2D eigenvalue weighted by atomic mass is 79.9. The fourth-order valence-electron chi connectivity index (χ4n) is 2.36. The largest absolute Gasteiger partial charge is 0.395 e. The minimum absolute atomic E-state index is 0.0353. The van der Waals surface area contributed by atoms with Crippen LogP contribution in [0.4, 0.5) is 0 Å². The van der Waals surface area contributed by atoms with Gasteiger partial charge in [0.2, 0.25) is 0 Å². The molecule has 1 heterocycles. The summed E-state index contributed by atoms with van der Waals surface area (Å²) in [5.74, 6) is 0.0594. The van der Waals surface area contributed by atoms with Gasteiger partial charge in [0.05, 0.1) is 6.61 Å². The molecule has 2 aliphatic carbocycles. The first-order valence-electron chi connectivity index (χ1n) is 6.50. The fraction of sp³-hybridized carbons (Fsp3) is 0.615. The molecule has 3 rings (SSSR count). The molecule has 4 nitrogen and oxygen atoms in total. The summed E-state index contributed by atoms with van der Waals surface area (Å²) in [6.07, 6.45) is 6.44. The maximum atomic E-state index is 12.6. The number of hydrogen-bond donors (Lipinski definition) is 1. The van der Waals surface area contributed by atoms with Gasteiger partial charge in [0, 0.05) is 29.3 Å². The topological polar surface area (TPSA) is 45.5 Å². The van der Waals surface area contributed by atoms with Crippen LogP contribution >= 0.6 is 15.9 Å². The summed E-state index contributed by atoms with van der Waals surface area (Å²) in [6, 6.07) is 2.73. The van der Waals surface area contributed by atoms with Crippen LogP contribution in [-0.4, -0.2) is 39.7 Å². The molecule has 2 fully saturated rings. The normalized spacial score (nSPS) is 19.0. The highest BCUT2D eigenvalue weighted by molar-refractivity contribution is 9.10. The Bertz CT molecular complexity index is 464. The third-order valence-corrected chi connectivity index (χ3v) is 4.00. The minimum atomic E-state index is 0.0353. The standard InChI is InChI=1S/C13H17BrN2O2/c14-9-7-12(16(8-9)11-3-4-11)13(18)15(5-6-17)10-1-2-10/h7-8,10-11,17H,1-6H2. The average molecular weight is 313 g/mol. The van der Waals surface area contributed by atoms with Crippen molar-refractivity contribution in [1.29, 1.82) is 0 Å². The van der Waals surface area contributed by atoms with Gasteiger partial charge in [-0.15, -0.1) is 0 Å². The van der Waals surface area contributed by atoms with E-state index in [0.717, 1.165) is 35.8 Å². The lowest BCUT2D eigenvalue weighted by atomic mass is 10.3. The molecular formula is C13H17BrN2O2. The number of carbonyl (C=O) groups excluding carboxylic acids is 1. The predicted octanol–water partition coefficient (Wildman–Crippen LogP) is 2.18. The monoisotopic (exact) mass is 312 g/mol. The van der Waals surface area contributed by atoms with Gasteiger partial charge in [0.1, 0.15) is 5.69 Å². The summed E-state index contributed by atoms with van der Waals surface area (Å²) >= 11 is 3.45. The number of aromatic nitrogens is 1. The maximum Gasteiger partial charge on any atom is 0.270 e. The molecule has 0 atom stereocenters. The molecule has 0 aliphatic heterocycles. The second-order valence-electron chi connectivity index (χ2n) is 5.14. The van der Waals surface area contributed by atoms with Crippen LogP contribution in [0.25, 0.3) is 0 Å². The van der Waals surface area contributed by atoms with Crippen molar-refractivity contribution in [1.82, 2.24) is 9.47 Å². The van der Waals surface area contributed by atoms with Crippen LogP contribution in [0.1, 0.15) is 42.2 Å². The molecule has 0 spiro atoms. The van der Waals surface area contributed by atoms with E-state index >= 15 is 0 Å². The first kappa shape index (κ1) is 12.2. The van der Waals surface area contributed by atoms with E-state index in [-0.39, 0.29) is 12.5 Å². The second-order valence-corrected chi connectivity index (χ2v) is 6.05. The van der Waals surface area contributed by atoms with Gasteiger partial charge in [-0.25, -0.2) is 0 Å². The van der Waals surface area contributed by atoms with E-state index in [1.54, 1.807) is 0 Å². The van der Waals surface area contributed by atoms with E-state index in [1.807, 2.05) is 17.2 Å². The van der Waals surface area contributed by atoms with Gasteiger partial charge in [0.15, 0.2) is 0 Å². The average Bonchev–Trinajstić information content (AvgIpc) is 3.24. The number of halogens is 1. The van der Waals surface area contributed by atoms with Gasteiger partial charge in [0.25, 0.3) is 5.91 Å². The Morgan fingerprint density at radius 1 is 1.44 bits per heavy atom. The van der Waals surface area contributed by atoms with E-state index in [2.05, 4.69) is 20.5 Å². The van der Waals surface area contributed by atoms with Crippen molar-refractivity contribution in [3.8, 4) is 0 Å². The molecule has 2 aliphatic rings. The smallest absolute Gasteiger partial charge is 0.270 e. The lowest BCUT2D eigenvalue weighted by molar-refractivity contribution is 0.0696. The molecule has 1 aromatic rings. The van der Waals surface area contributed by atoms with Crippen molar-refractivity contribution < 1.29 is 9.90 Å². The van der Waals surface area contributed by atoms with Crippen molar-refractivity contribution in [3.63, 3.8) is 0 Å². The molecule has 98 valence electrons. The van der Waals surface area contributed by atoms with E-state index in [1.165, 1.54) is 0 Å². The van der Waals surface area contributed by atoms with Crippen LogP contribution in [-0.2, 0) is 0 Å². The Balaban J connectivity index is 1.85. The molecule has 1 aromatic heterocycles. The van der Waals surface area contributed by atoms with Crippen LogP contribution < -0.4 is 0 Å². The second kappa shape index (κ2) is 4.70. The van der Waals surface area contributed by atoms with Crippen molar-refractivity contribution in [2.75, 3.05) is 13.2 Å². The molecule has 1 N–H and O–H groups in total. The Morgan fingerprint density at radius 2 is 2.17 bits per heavy atom. The number of aliphatic hydroxyl groups is 1. The molecule has 0 bridgehead atoms. The maximum absolute atomic E-state index is 12.6. The van der Waals surface area contributed by atoms with Gasteiger partial charge in [-0.1, -0.05) is 0 Å². The van der Waals surface area contributed by atoms with Gasteiger partial charge in [-0.3, -0.25) is 4.79 Å². The Hall–Kier alpha value is -0.810. The number of carbonyl (C=O) groups is 1. The number of amides is 1. The molecule has 0 radical (unpaired) electrons. The van der Waals surface area contributed by atoms with Crippen molar-refractivity contribution >= 4 is 21.8 Å². The quantitative estimate of drug-likeness (QED) is 0.906. The number of hydrogen-bond acceptors (Lipinski definition) is 2. The zero-order valence-corrected chi connectivity index (χ0v) is 11.8. The van der Waals surface area contributed by atoms with Gasteiger partial charge < -0.3 is 14.6 Å². The SMILES string of the molecule is O=C(c1cc(Br)cn1C1CC1)N(CCO)C1CC1. The number of nitrogens with zero attached hydrogens (tertiary/aromatic N) is 2. The molecule has 1 amide bonds. The summed E-state index contributed by atoms with van der Waals surface area (Å²) in [5.41, 5.74) is 0.754. The number of rotatable bonds is 5. The van der Waals surface area contributed by atoms with Crippen LogP contribution in [0.3, 0.4) is 0 Å². The minimum Gasteiger partial charge on any atom is -0.395 e. The molecule has 0 aromatic carbocycles. The Morgan fingerprint density at radius 3 is 2.72 bits per heavy atom. The van der Waals surface area contributed by atoms with Gasteiger partial charge in [-0.05, 0) is 47.7 Å². The first-order chi connectivity index (χ1) is 8.70. The first-order valence-corrected chi connectivity index (χ1v) is 7.29. The van der Waals surface area contributed by atoms with Crippen molar-refractivity contribution in [2.24, 2.45) is 0 Å². The third kappa shape index (κ3) is 2.34. The van der Waals surface area contributed by atoms with Crippen molar-refractivity contribution in [3.05, 3.63) is 22.4 Å². The molecule has 0 saturated heterocycles. The Labute approximate surface area is 115 Å². The molecule has 18 heavy (non-hydrogen) atoms. The van der Waals surface area contributed by atoms with Gasteiger partial charge >= 0.3 is 0 Å². The zero-order valence-electron chi connectivity index (χ0n) is 10.2. The lowest BCUT2D eigenvalue weighted by Crippen LogP contribution is -2.36. The zero-order chi connectivity index (χ0) is 12.7. The van der Waals surface area contributed by atoms with Crippen LogP contribution in [0.15, 0.2) is 16.7 Å². The molecule has 0 unspecified atom stereocenters. The van der Waals surface area contributed by atoms with E-state index in [9.17, 15) is 4.79 Å². The highest BCUT2D eigenvalue weighted by Gasteiger charge is 2.35. The summed E-state index contributed by atoms with van der Waals surface area (Å²) in [7, 11) is 0. The lowest BCUT2D eigenvalue weighted by Gasteiger charge is -2.22.